The van der Waals surface area contributed by atoms with Gasteiger partial charge in [-0.1, -0.05) is 48.0 Å². The standard InChI is InChI=1S/C18H16ClN3O3S/c1-22-11-14(10-17(22)18(20)23)26(24,25)21-16-8-7-13(9-15(16)19)12-5-3-2-4-6-12/h2-11,21H,1H3,(H2,20,23). The molecule has 26 heavy (non-hydrogen) atoms. The molecule has 6 nitrogen and oxygen atoms in total. The summed E-state index contributed by atoms with van der Waals surface area (Å²) in [6.07, 6.45) is 1.31. The Balaban J connectivity index is 1.91. The Hall–Kier alpha value is -2.77. The molecule has 1 aromatic heterocycles. The van der Waals surface area contributed by atoms with Crippen LogP contribution in [0.5, 0.6) is 0 Å². The molecule has 8 heteroatoms. The van der Waals surface area contributed by atoms with Crippen LogP contribution in [0.1, 0.15) is 10.5 Å². The van der Waals surface area contributed by atoms with E-state index in [1.54, 1.807) is 25.2 Å². The minimum atomic E-state index is -3.91. The summed E-state index contributed by atoms with van der Waals surface area (Å²) in [6, 6.07) is 15.9. The average molecular weight is 390 g/mol. The van der Waals surface area contributed by atoms with E-state index in [9.17, 15) is 13.2 Å². The first-order chi connectivity index (χ1) is 12.3. The number of anilines is 1. The fourth-order valence-corrected chi connectivity index (χ4v) is 3.97. The van der Waals surface area contributed by atoms with Crippen molar-refractivity contribution < 1.29 is 13.2 Å². The van der Waals surface area contributed by atoms with E-state index in [1.165, 1.54) is 16.8 Å². The van der Waals surface area contributed by atoms with Crippen molar-refractivity contribution in [2.45, 2.75) is 4.90 Å². The van der Waals surface area contributed by atoms with Crippen LogP contribution in [-0.2, 0) is 17.1 Å². The third-order valence-corrected chi connectivity index (χ3v) is 5.51. The SMILES string of the molecule is Cn1cc(S(=O)(=O)Nc2ccc(-c3ccccc3)cc2Cl)cc1C(N)=O. The first kappa shape index (κ1) is 18.0. The van der Waals surface area contributed by atoms with Crippen molar-refractivity contribution in [3.8, 4) is 11.1 Å². The highest BCUT2D eigenvalue weighted by atomic mass is 35.5. The number of amides is 1. The van der Waals surface area contributed by atoms with Crippen LogP contribution in [0.2, 0.25) is 5.02 Å². The summed E-state index contributed by atoms with van der Waals surface area (Å²) < 4.78 is 28.9. The van der Waals surface area contributed by atoms with Crippen molar-refractivity contribution in [1.29, 1.82) is 0 Å². The van der Waals surface area contributed by atoms with E-state index in [4.69, 9.17) is 17.3 Å². The highest BCUT2D eigenvalue weighted by Crippen LogP contribution is 2.30. The van der Waals surface area contributed by atoms with Crippen molar-refractivity contribution in [2.75, 3.05) is 4.72 Å². The number of aryl methyl sites for hydroxylation is 1. The number of nitrogens with one attached hydrogen (secondary N) is 1. The van der Waals surface area contributed by atoms with E-state index in [-0.39, 0.29) is 21.3 Å². The van der Waals surface area contributed by atoms with Crippen molar-refractivity contribution in [2.24, 2.45) is 12.8 Å². The number of primary amides is 1. The van der Waals surface area contributed by atoms with Gasteiger partial charge >= 0.3 is 0 Å². The third kappa shape index (κ3) is 3.58. The minimum Gasteiger partial charge on any atom is -0.364 e. The molecular formula is C18H16ClN3O3S. The van der Waals surface area contributed by atoms with Crippen LogP contribution in [-0.4, -0.2) is 18.9 Å². The van der Waals surface area contributed by atoms with Gasteiger partial charge in [0, 0.05) is 13.2 Å². The molecule has 0 unspecified atom stereocenters. The highest BCUT2D eigenvalue weighted by Gasteiger charge is 2.20. The Morgan fingerprint density at radius 3 is 2.35 bits per heavy atom. The van der Waals surface area contributed by atoms with Gasteiger partial charge in [0.25, 0.3) is 15.9 Å². The summed E-state index contributed by atoms with van der Waals surface area (Å²) >= 11 is 6.25. The van der Waals surface area contributed by atoms with Crippen LogP contribution in [0.15, 0.2) is 65.7 Å². The van der Waals surface area contributed by atoms with E-state index >= 15 is 0 Å². The average Bonchev–Trinajstić information content (AvgIpc) is 3.00. The zero-order valence-electron chi connectivity index (χ0n) is 13.8. The minimum absolute atomic E-state index is 0.0722. The molecule has 134 valence electrons. The van der Waals surface area contributed by atoms with Crippen LogP contribution < -0.4 is 10.5 Å². The smallest absolute Gasteiger partial charge is 0.265 e. The zero-order valence-corrected chi connectivity index (χ0v) is 15.4. The van der Waals surface area contributed by atoms with E-state index in [1.807, 2.05) is 30.3 Å². The summed E-state index contributed by atoms with van der Waals surface area (Å²) in [5, 5.41) is 0.265. The molecule has 3 N–H and O–H groups in total. The molecule has 0 atom stereocenters. The second-order valence-electron chi connectivity index (χ2n) is 5.70. The lowest BCUT2D eigenvalue weighted by Gasteiger charge is -2.10. The van der Waals surface area contributed by atoms with Gasteiger partial charge in [-0.25, -0.2) is 8.42 Å². The number of rotatable bonds is 5. The first-order valence-corrected chi connectivity index (χ1v) is 9.48. The molecule has 0 saturated heterocycles. The molecule has 3 aromatic rings. The monoisotopic (exact) mass is 389 g/mol. The van der Waals surface area contributed by atoms with E-state index < -0.39 is 15.9 Å². The summed E-state index contributed by atoms with van der Waals surface area (Å²) in [5.41, 5.74) is 7.40. The molecule has 0 aliphatic heterocycles. The Labute approximate surface area is 156 Å². The Bertz CT molecular complexity index is 1080. The molecular weight excluding hydrogens is 374 g/mol. The largest absolute Gasteiger partial charge is 0.364 e. The summed E-state index contributed by atoms with van der Waals surface area (Å²) in [6.45, 7) is 0. The predicted molar refractivity (Wildman–Crippen MR) is 102 cm³/mol. The Morgan fingerprint density at radius 2 is 1.77 bits per heavy atom. The van der Waals surface area contributed by atoms with Crippen LogP contribution in [0.25, 0.3) is 11.1 Å². The lowest BCUT2D eigenvalue weighted by atomic mass is 10.1. The second-order valence-corrected chi connectivity index (χ2v) is 7.79. The summed E-state index contributed by atoms with van der Waals surface area (Å²) in [7, 11) is -2.37. The number of hydrogen-bond donors (Lipinski definition) is 2. The molecule has 0 saturated carbocycles. The quantitative estimate of drug-likeness (QED) is 0.701. The number of hydrogen-bond acceptors (Lipinski definition) is 3. The van der Waals surface area contributed by atoms with Crippen molar-refractivity contribution in [1.82, 2.24) is 4.57 Å². The van der Waals surface area contributed by atoms with Crippen LogP contribution in [0.4, 0.5) is 5.69 Å². The molecule has 3 rings (SSSR count). The normalized spacial score (nSPS) is 11.3. The molecule has 0 bridgehead atoms. The highest BCUT2D eigenvalue weighted by molar-refractivity contribution is 7.92. The maximum atomic E-state index is 12.6. The molecule has 0 fully saturated rings. The third-order valence-electron chi connectivity index (χ3n) is 3.86. The van der Waals surface area contributed by atoms with Gasteiger partial charge in [-0.15, -0.1) is 0 Å². The topological polar surface area (TPSA) is 94.2 Å². The van der Waals surface area contributed by atoms with Crippen molar-refractivity contribution >= 4 is 33.2 Å². The van der Waals surface area contributed by atoms with Gasteiger partial charge in [0.2, 0.25) is 0 Å². The maximum absolute atomic E-state index is 12.6. The van der Waals surface area contributed by atoms with Crippen molar-refractivity contribution in [3.05, 3.63) is 71.5 Å². The zero-order chi connectivity index (χ0) is 18.9. The van der Waals surface area contributed by atoms with Gasteiger partial charge < -0.3 is 10.3 Å². The summed E-state index contributed by atoms with van der Waals surface area (Å²) in [4.78, 5) is 11.2. The number of nitrogens with zero attached hydrogens (tertiary/aromatic N) is 1. The Morgan fingerprint density at radius 1 is 1.08 bits per heavy atom. The number of aromatic nitrogens is 1. The van der Waals surface area contributed by atoms with Crippen LogP contribution >= 0.6 is 11.6 Å². The van der Waals surface area contributed by atoms with Gasteiger partial charge in [-0.2, -0.15) is 0 Å². The van der Waals surface area contributed by atoms with Gasteiger partial charge in [0.15, 0.2) is 0 Å². The fourth-order valence-electron chi connectivity index (χ4n) is 2.54. The fraction of sp³-hybridized carbons (Fsp3) is 0.0556. The predicted octanol–water partition coefficient (Wildman–Crippen LogP) is 3.25. The molecule has 2 aromatic carbocycles. The molecule has 0 radical (unpaired) electrons. The summed E-state index contributed by atoms with van der Waals surface area (Å²) in [5.74, 6) is -0.709. The number of sulfonamides is 1. The van der Waals surface area contributed by atoms with E-state index in [0.717, 1.165) is 11.1 Å². The van der Waals surface area contributed by atoms with Gasteiger partial charge in [-0.3, -0.25) is 9.52 Å². The number of halogens is 1. The molecule has 0 spiro atoms. The molecule has 1 amide bonds. The number of carbonyl (C=O) groups excluding carboxylic acids is 1. The van der Waals surface area contributed by atoms with E-state index in [0.29, 0.717) is 0 Å². The second kappa shape index (κ2) is 6.86. The van der Waals surface area contributed by atoms with Crippen LogP contribution in [0, 0.1) is 0 Å². The lowest BCUT2D eigenvalue weighted by molar-refractivity contribution is 0.0992. The number of benzene rings is 2. The van der Waals surface area contributed by atoms with Gasteiger partial charge in [0.1, 0.15) is 10.6 Å². The van der Waals surface area contributed by atoms with E-state index in [2.05, 4.69) is 4.72 Å². The molecule has 1 heterocycles. The molecule has 0 aliphatic rings. The Kier molecular flexibility index (Phi) is 4.76. The maximum Gasteiger partial charge on any atom is 0.265 e. The number of carbonyl (C=O) groups is 1. The lowest BCUT2D eigenvalue weighted by Crippen LogP contribution is -2.14. The van der Waals surface area contributed by atoms with Gasteiger partial charge in [0.05, 0.1) is 10.7 Å². The first-order valence-electron chi connectivity index (χ1n) is 7.62. The van der Waals surface area contributed by atoms with Crippen LogP contribution in [0.3, 0.4) is 0 Å². The van der Waals surface area contributed by atoms with Gasteiger partial charge in [-0.05, 0) is 29.3 Å². The number of nitrogens with two attached hydrogens (primary N) is 1. The molecule has 0 aliphatic carbocycles. The van der Waals surface area contributed by atoms with Crippen molar-refractivity contribution in [3.63, 3.8) is 0 Å².